The number of fused-ring (bicyclic) bond motifs is 1. The van der Waals surface area contributed by atoms with Crippen molar-refractivity contribution >= 4 is 5.82 Å². The van der Waals surface area contributed by atoms with Crippen LogP contribution in [0.1, 0.15) is 49.8 Å². The number of H-pyrrole nitrogens is 1. The van der Waals surface area contributed by atoms with Crippen molar-refractivity contribution in [3.63, 3.8) is 0 Å². The van der Waals surface area contributed by atoms with Gasteiger partial charge < -0.3 is 10.6 Å². The first-order valence-electron chi connectivity index (χ1n) is 6.87. The van der Waals surface area contributed by atoms with E-state index in [9.17, 15) is 0 Å². The molecule has 0 bridgehead atoms. The fourth-order valence-corrected chi connectivity index (χ4v) is 3.29. The maximum absolute atomic E-state index is 6.05. The zero-order valence-corrected chi connectivity index (χ0v) is 10.6. The molecule has 0 saturated carbocycles. The lowest BCUT2D eigenvalue weighted by Gasteiger charge is -2.31. The molecule has 1 aliphatic carbocycles. The summed E-state index contributed by atoms with van der Waals surface area (Å²) in [6, 6.07) is 0.319. The summed E-state index contributed by atoms with van der Waals surface area (Å²) in [5, 5.41) is 7.81. The normalized spacial score (nSPS) is 28.5. The van der Waals surface area contributed by atoms with Crippen molar-refractivity contribution in [1.82, 2.24) is 10.2 Å². The minimum Gasteiger partial charge on any atom is -0.353 e. The van der Waals surface area contributed by atoms with Gasteiger partial charge in [-0.05, 0) is 32.1 Å². The number of hydrogen-bond donors (Lipinski definition) is 2. The highest BCUT2D eigenvalue weighted by atomic mass is 15.3. The summed E-state index contributed by atoms with van der Waals surface area (Å²) in [6.07, 6.45) is 6.04. The summed E-state index contributed by atoms with van der Waals surface area (Å²) in [6.45, 7) is 4.34. The van der Waals surface area contributed by atoms with Crippen LogP contribution in [-0.2, 0) is 6.42 Å². The first kappa shape index (κ1) is 11.1. The third-order valence-electron chi connectivity index (χ3n) is 4.28. The molecule has 3 N–H and O–H groups in total. The van der Waals surface area contributed by atoms with Crippen LogP contribution in [0, 0.1) is 0 Å². The van der Waals surface area contributed by atoms with Gasteiger partial charge in [0.1, 0.15) is 0 Å². The number of nitrogens with two attached hydrogens (primary N) is 1. The van der Waals surface area contributed by atoms with Gasteiger partial charge in [-0.1, -0.05) is 6.92 Å². The standard InChI is InChI=1S/C13H22N4/c1-2-9-5-6-11-12(9)15-16-13(11)17-7-3-4-10(14)8-17/h9-10H,2-8,14H2,1H3,(H,15,16). The lowest BCUT2D eigenvalue weighted by atomic mass is 10.0. The second-order valence-electron chi connectivity index (χ2n) is 5.43. The average molecular weight is 234 g/mol. The molecule has 1 aromatic rings. The molecule has 3 rings (SSSR count). The number of nitrogens with zero attached hydrogens (tertiary/aromatic N) is 2. The fraction of sp³-hybridized carbons (Fsp3) is 0.769. The monoisotopic (exact) mass is 234 g/mol. The average Bonchev–Trinajstić information content (AvgIpc) is 2.89. The van der Waals surface area contributed by atoms with Crippen LogP contribution in [0.4, 0.5) is 5.82 Å². The Morgan fingerprint density at radius 1 is 1.47 bits per heavy atom. The smallest absolute Gasteiger partial charge is 0.153 e. The predicted octanol–water partition coefficient (Wildman–Crippen LogP) is 1.78. The topological polar surface area (TPSA) is 57.9 Å². The number of hydrogen-bond acceptors (Lipinski definition) is 3. The highest BCUT2D eigenvalue weighted by molar-refractivity contribution is 5.52. The van der Waals surface area contributed by atoms with E-state index in [1.165, 1.54) is 42.8 Å². The van der Waals surface area contributed by atoms with E-state index in [0.717, 1.165) is 19.5 Å². The molecule has 0 radical (unpaired) electrons. The van der Waals surface area contributed by atoms with Crippen molar-refractivity contribution in [2.45, 2.75) is 51.0 Å². The van der Waals surface area contributed by atoms with Gasteiger partial charge in [0.25, 0.3) is 0 Å². The predicted molar refractivity (Wildman–Crippen MR) is 69.4 cm³/mol. The van der Waals surface area contributed by atoms with Crippen LogP contribution in [0.3, 0.4) is 0 Å². The summed E-state index contributed by atoms with van der Waals surface area (Å²) in [5.41, 5.74) is 8.90. The van der Waals surface area contributed by atoms with Gasteiger partial charge in [-0.25, -0.2) is 0 Å². The molecular weight excluding hydrogens is 212 g/mol. The zero-order chi connectivity index (χ0) is 11.8. The SMILES string of the molecule is CCC1CCc2c(N3CCCC(N)C3)n[nH]c21. The van der Waals surface area contributed by atoms with Gasteiger partial charge in [-0.3, -0.25) is 5.10 Å². The van der Waals surface area contributed by atoms with Crippen molar-refractivity contribution in [1.29, 1.82) is 0 Å². The zero-order valence-electron chi connectivity index (χ0n) is 10.6. The summed E-state index contributed by atoms with van der Waals surface area (Å²) in [4.78, 5) is 2.38. The van der Waals surface area contributed by atoms with Crippen LogP contribution in [0.2, 0.25) is 0 Å². The maximum atomic E-state index is 6.05. The maximum Gasteiger partial charge on any atom is 0.153 e. The van der Waals surface area contributed by atoms with Gasteiger partial charge in [0.2, 0.25) is 0 Å². The molecule has 2 unspecified atom stereocenters. The van der Waals surface area contributed by atoms with E-state index >= 15 is 0 Å². The summed E-state index contributed by atoms with van der Waals surface area (Å²) in [5.74, 6) is 1.89. The molecule has 1 aromatic heterocycles. The molecule has 0 amide bonds. The van der Waals surface area contributed by atoms with E-state index in [2.05, 4.69) is 22.0 Å². The molecule has 94 valence electrons. The molecular formula is C13H22N4. The number of aromatic nitrogens is 2. The van der Waals surface area contributed by atoms with Crippen LogP contribution in [0.15, 0.2) is 0 Å². The summed E-state index contributed by atoms with van der Waals surface area (Å²) in [7, 11) is 0. The number of aromatic amines is 1. The Morgan fingerprint density at radius 3 is 3.12 bits per heavy atom. The number of anilines is 1. The quantitative estimate of drug-likeness (QED) is 0.820. The first-order valence-corrected chi connectivity index (χ1v) is 6.87. The van der Waals surface area contributed by atoms with Gasteiger partial charge >= 0.3 is 0 Å². The highest BCUT2D eigenvalue weighted by Gasteiger charge is 2.30. The van der Waals surface area contributed by atoms with E-state index in [1.807, 2.05) is 0 Å². The van der Waals surface area contributed by atoms with Crippen LogP contribution in [0.25, 0.3) is 0 Å². The minimum absolute atomic E-state index is 0.319. The first-order chi connectivity index (χ1) is 8.29. The molecule has 2 aliphatic rings. The third-order valence-corrected chi connectivity index (χ3v) is 4.28. The molecule has 1 fully saturated rings. The molecule has 4 nitrogen and oxygen atoms in total. The molecule has 2 heterocycles. The van der Waals surface area contributed by atoms with Crippen molar-refractivity contribution < 1.29 is 0 Å². The van der Waals surface area contributed by atoms with Gasteiger partial charge in [0.05, 0.1) is 0 Å². The molecule has 0 aromatic carbocycles. The van der Waals surface area contributed by atoms with Crippen LogP contribution >= 0.6 is 0 Å². The largest absolute Gasteiger partial charge is 0.353 e. The van der Waals surface area contributed by atoms with Gasteiger partial charge in [-0.2, -0.15) is 5.10 Å². The van der Waals surface area contributed by atoms with Crippen LogP contribution in [0.5, 0.6) is 0 Å². The minimum atomic E-state index is 0.319. The molecule has 0 spiro atoms. The Balaban J connectivity index is 1.85. The highest BCUT2D eigenvalue weighted by Crippen LogP contribution is 2.38. The van der Waals surface area contributed by atoms with E-state index < -0.39 is 0 Å². The van der Waals surface area contributed by atoms with Crippen molar-refractivity contribution in [3.8, 4) is 0 Å². The Morgan fingerprint density at radius 2 is 2.35 bits per heavy atom. The lowest BCUT2D eigenvalue weighted by molar-refractivity contribution is 0.502. The van der Waals surface area contributed by atoms with E-state index in [-0.39, 0.29) is 0 Å². The molecule has 2 atom stereocenters. The van der Waals surface area contributed by atoms with E-state index in [1.54, 1.807) is 0 Å². The Bertz CT molecular complexity index is 398. The molecule has 17 heavy (non-hydrogen) atoms. The Hall–Kier alpha value is -1.03. The number of nitrogens with one attached hydrogen (secondary N) is 1. The van der Waals surface area contributed by atoms with Gasteiger partial charge in [-0.15, -0.1) is 0 Å². The van der Waals surface area contributed by atoms with E-state index in [0.29, 0.717) is 12.0 Å². The number of piperidine rings is 1. The Kier molecular flexibility index (Phi) is 2.82. The van der Waals surface area contributed by atoms with Crippen molar-refractivity contribution in [3.05, 3.63) is 11.3 Å². The summed E-state index contributed by atoms with van der Waals surface area (Å²) < 4.78 is 0. The second kappa shape index (κ2) is 4.33. The molecule has 4 heteroatoms. The van der Waals surface area contributed by atoms with Gasteiger partial charge in [0.15, 0.2) is 5.82 Å². The third kappa shape index (κ3) is 1.84. The van der Waals surface area contributed by atoms with Crippen molar-refractivity contribution in [2.24, 2.45) is 5.73 Å². The lowest BCUT2D eigenvalue weighted by Crippen LogP contribution is -2.43. The van der Waals surface area contributed by atoms with Crippen molar-refractivity contribution in [2.75, 3.05) is 18.0 Å². The van der Waals surface area contributed by atoms with Crippen LogP contribution in [-0.4, -0.2) is 29.3 Å². The fourth-order valence-electron chi connectivity index (χ4n) is 3.29. The number of rotatable bonds is 2. The molecule has 1 aliphatic heterocycles. The second-order valence-corrected chi connectivity index (χ2v) is 5.43. The van der Waals surface area contributed by atoms with E-state index in [4.69, 9.17) is 5.73 Å². The Labute approximate surface area is 103 Å². The summed E-state index contributed by atoms with van der Waals surface area (Å²) >= 11 is 0. The van der Waals surface area contributed by atoms with Crippen LogP contribution < -0.4 is 10.6 Å². The van der Waals surface area contributed by atoms with Gasteiger partial charge in [0, 0.05) is 36.3 Å². The molecule has 1 saturated heterocycles.